The summed E-state index contributed by atoms with van der Waals surface area (Å²) in [6.45, 7) is -0.804. The van der Waals surface area contributed by atoms with Gasteiger partial charge in [0.15, 0.2) is 11.7 Å². The minimum absolute atomic E-state index is 0.0559. The van der Waals surface area contributed by atoms with E-state index in [0.717, 1.165) is 0 Å². The highest BCUT2D eigenvalue weighted by Gasteiger charge is 2.17. The number of amides is 2. The summed E-state index contributed by atoms with van der Waals surface area (Å²) < 4.78 is 39.6. The van der Waals surface area contributed by atoms with Crippen molar-refractivity contribution in [1.29, 1.82) is 0 Å². The summed E-state index contributed by atoms with van der Waals surface area (Å²) in [5.41, 5.74) is 1.70. The van der Waals surface area contributed by atoms with Crippen LogP contribution in [0.25, 0.3) is 11.3 Å². The van der Waals surface area contributed by atoms with Crippen molar-refractivity contribution in [2.24, 2.45) is 0 Å². The van der Waals surface area contributed by atoms with Crippen molar-refractivity contribution in [3.8, 4) is 22.8 Å². The first-order valence-corrected chi connectivity index (χ1v) is 11.3. The summed E-state index contributed by atoms with van der Waals surface area (Å²) in [5, 5.41) is 4.87. The van der Waals surface area contributed by atoms with Gasteiger partial charge >= 0.3 is 6.61 Å². The van der Waals surface area contributed by atoms with Gasteiger partial charge in [0.25, 0.3) is 11.8 Å². The van der Waals surface area contributed by atoms with Crippen LogP contribution in [0.3, 0.4) is 0 Å². The first-order valence-electron chi connectivity index (χ1n) is 10.4. The first-order chi connectivity index (χ1) is 16.5. The van der Waals surface area contributed by atoms with Crippen LogP contribution in [0.5, 0.6) is 11.5 Å². The summed E-state index contributed by atoms with van der Waals surface area (Å²) in [6.07, 6.45) is 0. The fourth-order valence-electron chi connectivity index (χ4n) is 3.19. The van der Waals surface area contributed by atoms with Gasteiger partial charge in [-0.05, 0) is 48.5 Å². The van der Waals surface area contributed by atoms with Gasteiger partial charge < -0.3 is 19.1 Å². The number of ether oxygens (including phenoxy) is 3. The van der Waals surface area contributed by atoms with Gasteiger partial charge in [0.05, 0.1) is 18.9 Å². The molecular formula is C23H21F2N3O5S. The number of alkyl halides is 2. The molecule has 0 unspecified atom stereocenters. The van der Waals surface area contributed by atoms with E-state index in [9.17, 15) is 18.4 Å². The van der Waals surface area contributed by atoms with E-state index in [1.165, 1.54) is 23.5 Å². The number of carbonyl (C=O) groups excluding carboxylic acids is 2. The molecule has 178 valence electrons. The molecule has 11 heteroatoms. The smallest absolute Gasteiger partial charge is 0.387 e. The van der Waals surface area contributed by atoms with E-state index < -0.39 is 6.61 Å². The number of morpholine rings is 1. The number of halogens is 2. The largest absolute Gasteiger partial charge is 0.484 e. The fourth-order valence-corrected chi connectivity index (χ4v) is 3.91. The molecule has 4 rings (SSSR count). The Kier molecular flexibility index (Phi) is 7.65. The molecule has 3 aromatic rings. The number of anilines is 1. The van der Waals surface area contributed by atoms with Crippen LogP contribution in [0.2, 0.25) is 0 Å². The van der Waals surface area contributed by atoms with E-state index in [-0.39, 0.29) is 24.2 Å². The quantitative estimate of drug-likeness (QED) is 0.516. The number of hydrogen-bond donors (Lipinski definition) is 1. The average molecular weight is 490 g/mol. The SMILES string of the molecule is O=C(Nc1nc(-c2ccc(OC(F)F)cc2)cs1)c1ccc(OCC(=O)N2CCOCC2)cc1. The molecule has 0 spiro atoms. The van der Waals surface area contributed by atoms with Crippen molar-refractivity contribution < 1.29 is 32.6 Å². The van der Waals surface area contributed by atoms with Crippen LogP contribution in [0, 0.1) is 0 Å². The molecule has 0 aliphatic carbocycles. The van der Waals surface area contributed by atoms with Gasteiger partial charge in [0, 0.05) is 29.6 Å². The van der Waals surface area contributed by atoms with Crippen LogP contribution in [-0.4, -0.2) is 61.2 Å². The second kappa shape index (κ2) is 11.0. The van der Waals surface area contributed by atoms with Crippen LogP contribution in [0.1, 0.15) is 10.4 Å². The van der Waals surface area contributed by atoms with Gasteiger partial charge in [-0.1, -0.05) is 0 Å². The van der Waals surface area contributed by atoms with E-state index in [1.807, 2.05) is 0 Å². The molecule has 2 heterocycles. The van der Waals surface area contributed by atoms with Gasteiger partial charge in [-0.2, -0.15) is 8.78 Å². The minimum atomic E-state index is -2.88. The van der Waals surface area contributed by atoms with Gasteiger partial charge in [-0.15, -0.1) is 11.3 Å². The van der Waals surface area contributed by atoms with Crippen LogP contribution < -0.4 is 14.8 Å². The Bertz CT molecular complexity index is 1120. The Labute approximate surface area is 198 Å². The van der Waals surface area contributed by atoms with Crippen molar-refractivity contribution in [3.05, 3.63) is 59.5 Å². The number of carbonyl (C=O) groups is 2. The van der Waals surface area contributed by atoms with E-state index in [4.69, 9.17) is 9.47 Å². The Morgan fingerprint density at radius 3 is 2.41 bits per heavy atom. The van der Waals surface area contributed by atoms with E-state index in [1.54, 1.807) is 46.7 Å². The predicted octanol–water partition coefficient (Wildman–Crippen LogP) is 3.90. The lowest BCUT2D eigenvalue weighted by atomic mass is 10.2. The Hall–Kier alpha value is -3.57. The topological polar surface area (TPSA) is 90.0 Å². The summed E-state index contributed by atoms with van der Waals surface area (Å²) in [5.74, 6) is 0.0766. The lowest BCUT2D eigenvalue weighted by molar-refractivity contribution is -0.137. The molecule has 2 aromatic carbocycles. The van der Waals surface area contributed by atoms with Gasteiger partial charge in [0.2, 0.25) is 0 Å². The summed E-state index contributed by atoms with van der Waals surface area (Å²) in [7, 11) is 0. The lowest BCUT2D eigenvalue weighted by Crippen LogP contribution is -2.42. The molecule has 0 bridgehead atoms. The van der Waals surface area contributed by atoms with Crippen molar-refractivity contribution >= 4 is 28.3 Å². The zero-order valence-corrected chi connectivity index (χ0v) is 18.7. The average Bonchev–Trinajstić information content (AvgIpc) is 3.32. The van der Waals surface area contributed by atoms with Crippen LogP contribution in [0.15, 0.2) is 53.9 Å². The van der Waals surface area contributed by atoms with Crippen LogP contribution in [-0.2, 0) is 9.53 Å². The van der Waals surface area contributed by atoms with Gasteiger partial charge in [0.1, 0.15) is 11.5 Å². The minimum Gasteiger partial charge on any atom is -0.484 e. The zero-order valence-electron chi connectivity index (χ0n) is 17.9. The molecule has 1 N–H and O–H groups in total. The molecule has 2 amide bonds. The molecule has 1 aromatic heterocycles. The molecule has 34 heavy (non-hydrogen) atoms. The number of benzene rings is 2. The van der Waals surface area contributed by atoms with Crippen molar-refractivity contribution in [2.45, 2.75) is 6.61 Å². The molecule has 1 fully saturated rings. The standard InChI is InChI=1S/C23H21F2N3O5S/c24-22(25)33-18-7-1-15(2-8-18)19-14-34-23(26-19)27-21(30)16-3-5-17(6-4-16)32-13-20(29)28-9-11-31-12-10-28/h1-8,14,22H,9-13H2,(H,26,27,30). The lowest BCUT2D eigenvalue weighted by Gasteiger charge is -2.26. The predicted molar refractivity (Wildman–Crippen MR) is 121 cm³/mol. The van der Waals surface area contributed by atoms with Crippen molar-refractivity contribution in [1.82, 2.24) is 9.88 Å². The number of aromatic nitrogens is 1. The highest BCUT2D eigenvalue weighted by atomic mass is 32.1. The molecular weight excluding hydrogens is 468 g/mol. The Balaban J connectivity index is 1.30. The number of nitrogens with zero attached hydrogens (tertiary/aromatic N) is 2. The molecule has 1 aliphatic rings. The van der Waals surface area contributed by atoms with E-state index >= 15 is 0 Å². The molecule has 0 atom stereocenters. The Morgan fingerprint density at radius 1 is 1.06 bits per heavy atom. The summed E-state index contributed by atoms with van der Waals surface area (Å²) in [6, 6.07) is 12.5. The zero-order chi connectivity index (χ0) is 23.9. The van der Waals surface area contributed by atoms with Crippen molar-refractivity contribution in [2.75, 3.05) is 38.2 Å². The normalized spacial score (nSPS) is 13.6. The number of rotatable bonds is 8. The molecule has 1 aliphatic heterocycles. The van der Waals surface area contributed by atoms with E-state index in [0.29, 0.717) is 54.0 Å². The maximum absolute atomic E-state index is 12.5. The summed E-state index contributed by atoms with van der Waals surface area (Å²) >= 11 is 1.24. The molecule has 8 nitrogen and oxygen atoms in total. The Morgan fingerprint density at radius 2 is 1.74 bits per heavy atom. The van der Waals surface area contributed by atoms with E-state index in [2.05, 4.69) is 15.0 Å². The number of nitrogens with one attached hydrogen (secondary N) is 1. The van der Waals surface area contributed by atoms with Gasteiger partial charge in [-0.25, -0.2) is 4.98 Å². The molecule has 1 saturated heterocycles. The molecule has 0 radical (unpaired) electrons. The van der Waals surface area contributed by atoms with Crippen LogP contribution in [0.4, 0.5) is 13.9 Å². The monoisotopic (exact) mass is 489 g/mol. The fraction of sp³-hybridized carbons (Fsp3) is 0.261. The second-order valence-corrected chi connectivity index (χ2v) is 8.06. The van der Waals surface area contributed by atoms with Gasteiger partial charge in [-0.3, -0.25) is 14.9 Å². The highest BCUT2D eigenvalue weighted by molar-refractivity contribution is 7.14. The molecule has 0 saturated carbocycles. The second-order valence-electron chi connectivity index (χ2n) is 7.20. The summed E-state index contributed by atoms with van der Waals surface area (Å²) in [4.78, 5) is 30.8. The number of thiazole rings is 1. The third-order valence-corrected chi connectivity index (χ3v) is 5.70. The maximum Gasteiger partial charge on any atom is 0.387 e. The third-order valence-electron chi connectivity index (χ3n) is 4.94. The number of hydrogen-bond acceptors (Lipinski definition) is 7. The first kappa shape index (κ1) is 23.6. The third kappa shape index (κ3) is 6.27. The maximum atomic E-state index is 12.5. The van der Waals surface area contributed by atoms with Crippen molar-refractivity contribution in [3.63, 3.8) is 0 Å². The van der Waals surface area contributed by atoms with Crippen LogP contribution >= 0.6 is 11.3 Å². The highest BCUT2D eigenvalue weighted by Crippen LogP contribution is 2.27.